The molecular formula is C42H28Br6O12S6. The third kappa shape index (κ3) is 5.73. The molecule has 0 amide bonds. The lowest BCUT2D eigenvalue weighted by molar-refractivity contribution is -0.483. The summed E-state index contributed by atoms with van der Waals surface area (Å²) in [5.41, 5.74) is 5.60. The molecule has 66 heavy (non-hydrogen) atoms. The molecule has 6 saturated heterocycles. The average molecular weight is 1400 g/mol. The Morgan fingerprint density at radius 2 is 0.485 bits per heavy atom. The van der Waals surface area contributed by atoms with Crippen molar-refractivity contribution in [2.45, 2.75) is 34.7 Å². The van der Waals surface area contributed by atoms with E-state index in [-0.39, 0.29) is 0 Å². The lowest BCUT2D eigenvalue weighted by atomic mass is 9.83. The highest BCUT2D eigenvalue weighted by atomic mass is 79.9. The molecule has 15 rings (SSSR count). The molecule has 0 N–H and O–H groups in total. The molecule has 0 spiro atoms. The average Bonchev–Trinajstić information content (AvgIpc) is 4.20. The standard InChI is InChI=1S/C28H18Br4O8S4.C14H10Br2O4S2/c29-13-9-11-19(41-13)21-15(27-25(11,33-1-5-37-27)34-2-6-38-27)17(31)23(43-21)24-18(32)16-22(44-24)20-12(10-14(30)42-20)26-28(16,39-7-3-35-26)40-8-4-36-26;15-9-5-7-11(21-9)12-8(6-10(16)22-12)14-13(7,17-1-2-18-14)19-3-4-20-14/h9-10H,1-8H2;5-6H,1-4H2. The Hall–Kier alpha value is 0.600. The van der Waals surface area contributed by atoms with Crippen molar-refractivity contribution in [3.63, 3.8) is 0 Å². The van der Waals surface area contributed by atoms with E-state index in [1.54, 1.807) is 68.0 Å². The van der Waals surface area contributed by atoms with Gasteiger partial charge in [0, 0.05) is 31.2 Å². The van der Waals surface area contributed by atoms with Crippen LogP contribution in [0.5, 0.6) is 0 Å². The maximum atomic E-state index is 6.60. The summed E-state index contributed by atoms with van der Waals surface area (Å²) < 4.78 is 82.9. The normalized spacial score (nSPS) is 33.1. The second-order valence-electron chi connectivity index (χ2n) is 16.0. The zero-order valence-corrected chi connectivity index (χ0v) is 47.8. The minimum atomic E-state index is -1.26. The maximum absolute atomic E-state index is 6.60. The summed E-state index contributed by atoms with van der Waals surface area (Å²) in [5.74, 6) is -6.98. The summed E-state index contributed by atoms with van der Waals surface area (Å²) in [4.78, 5) is 8.63. The Balaban J connectivity index is 0.000000158. The molecule has 0 atom stereocenters. The Morgan fingerprint density at radius 3 is 0.742 bits per heavy atom. The highest BCUT2D eigenvalue weighted by molar-refractivity contribution is 9.12. The molecule has 12 nitrogen and oxygen atoms in total. The first-order chi connectivity index (χ1) is 32.0. The van der Waals surface area contributed by atoms with Crippen molar-refractivity contribution < 1.29 is 56.8 Å². The van der Waals surface area contributed by atoms with Crippen molar-refractivity contribution in [3.05, 3.63) is 81.7 Å². The number of rotatable bonds is 1. The summed E-state index contributed by atoms with van der Waals surface area (Å²) in [6, 6.07) is 8.27. The van der Waals surface area contributed by atoms with Crippen LogP contribution in [0.15, 0.2) is 48.4 Å². The van der Waals surface area contributed by atoms with Crippen molar-refractivity contribution in [1.82, 2.24) is 0 Å². The van der Waals surface area contributed by atoms with Crippen LogP contribution in [0.25, 0.3) is 39.0 Å². The number of hydrogen-bond donors (Lipinski definition) is 0. The minimum absolute atomic E-state index is 0.384. The SMILES string of the molecule is Brc1cc2c(s1)-c1sc(-c3sc4c(c3Br)C35OCCOC3(OCCO5)c3cc(Br)sc3-4)c(Br)c1C13OCCOC21OCCO3.Brc1cc2c(s1)-c1sc(Br)cc1C13OCCOC21OCCO3. The van der Waals surface area contributed by atoms with E-state index in [4.69, 9.17) is 56.8 Å². The van der Waals surface area contributed by atoms with E-state index in [9.17, 15) is 0 Å². The van der Waals surface area contributed by atoms with Crippen LogP contribution in [0, 0.1) is 0 Å². The smallest absolute Gasteiger partial charge is 0.258 e. The van der Waals surface area contributed by atoms with Crippen molar-refractivity contribution in [2.24, 2.45) is 0 Å². The van der Waals surface area contributed by atoms with Gasteiger partial charge in [0.1, 0.15) is 0 Å². The molecule has 0 aromatic carbocycles. The van der Waals surface area contributed by atoms with E-state index in [0.29, 0.717) is 79.3 Å². The number of thiophene rings is 6. The van der Waals surface area contributed by atoms with E-state index in [1.807, 2.05) is 0 Å². The second-order valence-corrected chi connectivity index (χ2v) is 29.3. The molecule has 12 heterocycles. The van der Waals surface area contributed by atoms with Gasteiger partial charge < -0.3 is 56.8 Å². The third-order valence-electron chi connectivity index (χ3n) is 12.9. The molecule has 0 saturated carbocycles. The van der Waals surface area contributed by atoms with Crippen LogP contribution in [0.1, 0.15) is 33.4 Å². The van der Waals surface area contributed by atoms with Crippen molar-refractivity contribution in [3.8, 4) is 39.0 Å². The topological polar surface area (TPSA) is 111 Å². The molecule has 0 unspecified atom stereocenters. The summed E-state index contributed by atoms with van der Waals surface area (Å²) in [5, 5.41) is 0. The first kappa shape index (κ1) is 45.2. The summed E-state index contributed by atoms with van der Waals surface area (Å²) >= 11 is 32.8. The zero-order valence-electron chi connectivity index (χ0n) is 33.4. The van der Waals surface area contributed by atoms with Gasteiger partial charge in [-0.3, -0.25) is 0 Å². The Kier molecular flexibility index (Phi) is 11.0. The van der Waals surface area contributed by atoms with Gasteiger partial charge in [-0.2, -0.15) is 0 Å². The van der Waals surface area contributed by atoms with Gasteiger partial charge in [-0.25, -0.2) is 0 Å². The molecule has 6 aliphatic heterocycles. The fraction of sp³-hybridized carbons (Fsp3) is 0.429. The quantitative estimate of drug-likeness (QED) is 0.156. The Labute approximate surface area is 450 Å². The van der Waals surface area contributed by atoms with Crippen molar-refractivity contribution >= 4 is 164 Å². The third-order valence-corrected chi connectivity index (χ3v) is 24.6. The predicted molar refractivity (Wildman–Crippen MR) is 270 cm³/mol. The molecule has 9 aliphatic rings. The minimum Gasteiger partial charge on any atom is -0.339 e. The van der Waals surface area contributed by atoms with Crippen molar-refractivity contribution in [2.75, 3.05) is 79.3 Å². The Bertz CT molecular complexity index is 2790. The lowest BCUT2D eigenvalue weighted by Crippen LogP contribution is -2.64. The van der Waals surface area contributed by atoms with Gasteiger partial charge in [-0.05, 0) is 120 Å². The second kappa shape index (κ2) is 16.1. The number of fused-ring (bicyclic) bond motifs is 9. The number of ether oxygens (including phenoxy) is 12. The molecular weight excluding hydrogens is 1370 g/mol. The van der Waals surface area contributed by atoms with Crippen LogP contribution in [0.4, 0.5) is 0 Å². The molecule has 0 bridgehead atoms. The maximum Gasteiger partial charge on any atom is 0.258 e. The van der Waals surface area contributed by atoms with E-state index in [2.05, 4.69) is 120 Å². The fourth-order valence-electron chi connectivity index (χ4n) is 10.7. The lowest BCUT2D eigenvalue weighted by Gasteiger charge is -2.55. The van der Waals surface area contributed by atoms with Crippen LogP contribution < -0.4 is 0 Å². The largest absolute Gasteiger partial charge is 0.339 e. The fourth-order valence-corrected chi connectivity index (χ4v) is 22.6. The van der Waals surface area contributed by atoms with Gasteiger partial charge in [0.25, 0.3) is 34.7 Å². The molecule has 0 radical (unpaired) electrons. The van der Waals surface area contributed by atoms with Crippen molar-refractivity contribution in [1.29, 1.82) is 0 Å². The molecule has 6 aromatic rings. The van der Waals surface area contributed by atoms with Crippen LogP contribution in [0.2, 0.25) is 0 Å². The summed E-state index contributed by atoms with van der Waals surface area (Å²) in [6.07, 6.45) is 0. The van der Waals surface area contributed by atoms with Crippen LogP contribution in [-0.4, -0.2) is 79.3 Å². The summed E-state index contributed by atoms with van der Waals surface area (Å²) in [7, 11) is 0. The molecule has 346 valence electrons. The summed E-state index contributed by atoms with van der Waals surface area (Å²) in [6.45, 7) is 5.08. The van der Waals surface area contributed by atoms with E-state index < -0.39 is 34.7 Å². The van der Waals surface area contributed by atoms with Gasteiger partial charge in [-0.15, -0.1) is 68.0 Å². The highest BCUT2D eigenvalue weighted by Gasteiger charge is 2.71. The first-order valence-corrected chi connectivity index (χ1v) is 30.2. The van der Waals surface area contributed by atoms with Crippen LogP contribution >= 0.6 is 164 Å². The highest BCUT2D eigenvalue weighted by Crippen LogP contribution is 2.70. The van der Waals surface area contributed by atoms with E-state index in [0.717, 1.165) is 96.5 Å². The van der Waals surface area contributed by atoms with Gasteiger partial charge in [0.15, 0.2) is 0 Å². The number of halogens is 6. The zero-order chi connectivity index (χ0) is 44.6. The molecule has 6 fully saturated rings. The van der Waals surface area contributed by atoms with Gasteiger partial charge in [-0.1, -0.05) is 0 Å². The van der Waals surface area contributed by atoms with E-state index >= 15 is 0 Å². The molecule has 6 aromatic heterocycles. The molecule has 24 heteroatoms. The molecule has 3 aliphatic carbocycles. The number of hydrogen-bond acceptors (Lipinski definition) is 18. The Morgan fingerprint density at radius 1 is 0.273 bits per heavy atom. The predicted octanol–water partition coefficient (Wildman–Crippen LogP) is 13.2. The van der Waals surface area contributed by atoms with Crippen LogP contribution in [0.3, 0.4) is 0 Å². The van der Waals surface area contributed by atoms with Crippen LogP contribution in [-0.2, 0) is 91.6 Å². The monoisotopic (exact) mass is 1390 g/mol. The van der Waals surface area contributed by atoms with Gasteiger partial charge in [0.2, 0.25) is 0 Å². The first-order valence-electron chi connectivity index (χ1n) is 20.6. The van der Waals surface area contributed by atoms with Gasteiger partial charge in [0.05, 0.1) is 145 Å². The van der Waals surface area contributed by atoms with E-state index in [1.165, 1.54) is 0 Å². The van der Waals surface area contributed by atoms with Gasteiger partial charge >= 0.3 is 0 Å².